The predicted molar refractivity (Wildman–Crippen MR) is 87.4 cm³/mol. The zero-order valence-electron chi connectivity index (χ0n) is 11.9. The normalized spacial score (nSPS) is 20.2. The molecule has 0 aliphatic carbocycles. The monoisotopic (exact) mass is 385 g/mol. The van der Waals surface area contributed by atoms with E-state index in [-0.39, 0.29) is 12.0 Å². The maximum atomic E-state index is 9.79. The number of para-hydroxylation sites is 2. The van der Waals surface area contributed by atoms with E-state index in [0.29, 0.717) is 6.61 Å². The Morgan fingerprint density at radius 3 is 2.70 bits per heavy atom. The van der Waals surface area contributed by atoms with Crippen LogP contribution in [-0.2, 0) is 0 Å². The van der Waals surface area contributed by atoms with Crippen molar-refractivity contribution in [2.24, 2.45) is 11.3 Å². The molecule has 0 saturated carbocycles. The van der Waals surface area contributed by atoms with Crippen molar-refractivity contribution in [2.75, 3.05) is 11.0 Å². The molecule has 1 aliphatic rings. The predicted octanol–water partition coefficient (Wildman–Crippen LogP) is 4.21. The van der Waals surface area contributed by atoms with Crippen LogP contribution in [0, 0.1) is 22.7 Å². The fraction of sp³-hybridized carbons (Fsp3) is 0.562. The molecule has 20 heavy (non-hydrogen) atoms. The standard InChI is InChI=1S/C16H20INO2/c1-12(2)16(11-18,8-5-9-17)15-10-19-13-6-3-4-7-14(13)20-15/h3-4,6-7,12,15H,5,8-10H2,1-2H3. The number of rotatable bonds is 5. The number of benzene rings is 1. The molecule has 3 nitrogen and oxygen atoms in total. The van der Waals surface area contributed by atoms with Gasteiger partial charge in [0.1, 0.15) is 6.61 Å². The van der Waals surface area contributed by atoms with Crippen molar-refractivity contribution >= 4 is 22.6 Å². The van der Waals surface area contributed by atoms with Crippen LogP contribution in [0.3, 0.4) is 0 Å². The van der Waals surface area contributed by atoms with Crippen LogP contribution in [0.4, 0.5) is 0 Å². The molecule has 2 unspecified atom stereocenters. The van der Waals surface area contributed by atoms with E-state index in [2.05, 4.69) is 42.5 Å². The zero-order valence-corrected chi connectivity index (χ0v) is 14.1. The van der Waals surface area contributed by atoms with Gasteiger partial charge in [-0.3, -0.25) is 0 Å². The molecule has 108 valence electrons. The Bertz CT molecular complexity index is 497. The molecule has 0 saturated heterocycles. The molecule has 1 aliphatic heterocycles. The minimum atomic E-state index is -0.487. The fourth-order valence-electron chi connectivity index (χ4n) is 2.71. The number of fused-ring (bicyclic) bond motifs is 1. The van der Waals surface area contributed by atoms with Crippen LogP contribution < -0.4 is 9.47 Å². The first-order valence-electron chi connectivity index (χ1n) is 6.99. The van der Waals surface area contributed by atoms with Crippen molar-refractivity contribution < 1.29 is 9.47 Å². The van der Waals surface area contributed by atoms with E-state index < -0.39 is 5.41 Å². The molecule has 0 aromatic heterocycles. The molecule has 1 aromatic rings. The first-order valence-corrected chi connectivity index (χ1v) is 8.52. The molecule has 1 heterocycles. The van der Waals surface area contributed by atoms with Gasteiger partial charge in [0.15, 0.2) is 17.6 Å². The van der Waals surface area contributed by atoms with Gasteiger partial charge in [-0.15, -0.1) is 0 Å². The zero-order chi connectivity index (χ0) is 14.6. The minimum Gasteiger partial charge on any atom is -0.486 e. The van der Waals surface area contributed by atoms with E-state index in [1.807, 2.05) is 24.3 Å². The second kappa shape index (κ2) is 6.66. The van der Waals surface area contributed by atoms with Gasteiger partial charge in [0.05, 0.1) is 11.5 Å². The van der Waals surface area contributed by atoms with E-state index in [1.165, 1.54) is 0 Å². The number of halogens is 1. The van der Waals surface area contributed by atoms with Gasteiger partial charge in [-0.25, -0.2) is 0 Å². The van der Waals surface area contributed by atoms with Crippen LogP contribution in [0.25, 0.3) is 0 Å². The van der Waals surface area contributed by atoms with E-state index >= 15 is 0 Å². The number of ether oxygens (including phenoxy) is 2. The van der Waals surface area contributed by atoms with E-state index in [4.69, 9.17) is 9.47 Å². The average molecular weight is 385 g/mol. The van der Waals surface area contributed by atoms with Crippen molar-refractivity contribution in [1.82, 2.24) is 0 Å². The van der Waals surface area contributed by atoms with Crippen LogP contribution in [0.2, 0.25) is 0 Å². The van der Waals surface area contributed by atoms with Gasteiger partial charge in [-0.2, -0.15) is 5.26 Å². The van der Waals surface area contributed by atoms with Crippen LogP contribution >= 0.6 is 22.6 Å². The summed E-state index contributed by atoms with van der Waals surface area (Å²) in [6.07, 6.45) is 1.67. The van der Waals surface area contributed by atoms with E-state index in [9.17, 15) is 5.26 Å². The summed E-state index contributed by atoms with van der Waals surface area (Å²) in [6, 6.07) is 10.2. The number of nitrogens with zero attached hydrogens (tertiary/aromatic N) is 1. The highest BCUT2D eigenvalue weighted by Crippen LogP contribution is 2.42. The van der Waals surface area contributed by atoms with Crippen LogP contribution in [0.15, 0.2) is 24.3 Å². The third-order valence-corrected chi connectivity index (χ3v) is 4.81. The van der Waals surface area contributed by atoms with Crippen LogP contribution in [0.5, 0.6) is 11.5 Å². The largest absolute Gasteiger partial charge is 0.486 e. The summed E-state index contributed by atoms with van der Waals surface area (Å²) < 4.78 is 12.9. The maximum Gasteiger partial charge on any atom is 0.161 e. The number of nitriles is 1. The lowest BCUT2D eigenvalue weighted by molar-refractivity contribution is -0.00996. The van der Waals surface area contributed by atoms with Gasteiger partial charge < -0.3 is 9.47 Å². The lowest BCUT2D eigenvalue weighted by atomic mass is 9.70. The molecular weight excluding hydrogens is 365 g/mol. The van der Waals surface area contributed by atoms with Crippen LogP contribution in [-0.4, -0.2) is 17.1 Å². The first kappa shape index (κ1) is 15.4. The highest BCUT2D eigenvalue weighted by atomic mass is 127. The number of hydrogen-bond donors (Lipinski definition) is 0. The Morgan fingerprint density at radius 2 is 2.10 bits per heavy atom. The Balaban J connectivity index is 2.26. The minimum absolute atomic E-state index is 0.203. The summed E-state index contributed by atoms with van der Waals surface area (Å²) in [5, 5.41) is 9.79. The molecule has 0 spiro atoms. The Labute approximate surface area is 134 Å². The topological polar surface area (TPSA) is 42.2 Å². The molecule has 0 bridgehead atoms. The van der Waals surface area contributed by atoms with Crippen molar-refractivity contribution in [2.45, 2.75) is 32.8 Å². The smallest absolute Gasteiger partial charge is 0.161 e. The summed E-state index contributed by atoms with van der Waals surface area (Å²) in [5.74, 6) is 1.75. The highest BCUT2D eigenvalue weighted by Gasteiger charge is 2.45. The molecule has 2 rings (SSSR count). The summed E-state index contributed by atoms with van der Waals surface area (Å²) in [5.41, 5.74) is -0.487. The van der Waals surface area contributed by atoms with Gasteiger partial charge >= 0.3 is 0 Å². The summed E-state index contributed by atoms with van der Waals surface area (Å²) in [7, 11) is 0. The summed E-state index contributed by atoms with van der Waals surface area (Å²) in [4.78, 5) is 0. The maximum absolute atomic E-state index is 9.79. The molecule has 0 amide bonds. The number of alkyl halides is 1. The lowest BCUT2D eigenvalue weighted by Gasteiger charge is -2.40. The first-order chi connectivity index (χ1) is 9.64. The summed E-state index contributed by atoms with van der Waals surface area (Å²) >= 11 is 2.36. The molecular formula is C16H20INO2. The Kier molecular flexibility index (Phi) is 5.14. The van der Waals surface area contributed by atoms with Crippen molar-refractivity contribution in [3.8, 4) is 17.6 Å². The quantitative estimate of drug-likeness (QED) is 0.564. The van der Waals surface area contributed by atoms with Crippen LogP contribution in [0.1, 0.15) is 26.7 Å². The van der Waals surface area contributed by atoms with Gasteiger partial charge in [0.25, 0.3) is 0 Å². The van der Waals surface area contributed by atoms with Gasteiger partial charge in [-0.05, 0) is 35.3 Å². The molecule has 0 fully saturated rings. The van der Waals surface area contributed by atoms with E-state index in [0.717, 1.165) is 28.8 Å². The Morgan fingerprint density at radius 1 is 1.40 bits per heavy atom. The molecule has 0 radical (unpaired) electrons. The van der Waals surface area contributed by atoms with Crippen molar-refractivity contribution in [1.29, 1.82) is 5.26 Å². The van der Waals surface area contributed by atoms with Gasteiger partial charge in [0, 0.05) is 0 Å². The summed E-state index contributed by atoms with van der Waals surface area (Å²) in [6.45, 7) is 4.64. The van der Waals surface area contributed by atoms with Crippen molar-refractivity contribution in [3.05, 3.63) is 24.3 Å². The van der Waals surface area contributed by atoms with E-state index in [1.54, 1.807) is 0 Å². The third kappa shape index (κ3) is 2.88. The fourth-order valence-corrected chi connectivity index (χ4v) is 3.09. The third-order valence-electron chi connectivity index (χ3n) is 4.05. The molecule has 1 aromatic carbocycles. The number of hydrogen-bond acceptors (Lipinski definition) is 3. The average Bonchev–Trinajstić information content (AvgIpc) is 2.48. The Hall–Kier alpha value is -0.960. The lowest BCUT2D eigenvalue weighted by Crippen LogP contribution is -2.47. The highest BCUT2D eigenvalue weighted by molar-refractivity contribution is 14.1. The molecule has 0 N–H and O–H groups in total. The molecule has 2 atom stereocenters. The SMILES string of the molecule is CC(C)C(C#N)(CCCI)C1COc2ccccc2O1. The molecule has 4 heteroatoms. The second-order valence-corrected chi connectivity index (χ2v) is 6.54. The van der Waals surface area contributed by atoms with Crippen molar-refractivity contribution in [3.63, 3.8) is 0 Å². The second-order valence-electron chi connectivity index (χ2n) is 5.46. The van der Waals surface area contributed by atoms with Gasteiger partial charge in [0.2, 0.25) is 0 Å². The van der Waals surface area contributed by atoms with Gasteiger partial charge in [-0.1, -0.05) is 48.6 Å².